The maximum atomic E-state index is 12.2. The molecule has 0 bridgehead atoms. The third-order valence-electron chi connectivity index (χ3n) is 2.93. The molecule has 0 saturated carbocycles. The third-order valence-corrected chi connectivity index (χ3v) is 3.26. The second-order valence-electron chi connectivity index (χ2n) is 4.24. The van der Waals surface area contributed by atoms with E-state index >= 15 is 0 Å². The van der Waals surface area contributed by atoms with E-state index in [2.05, 4.69) is 10.5 Å². The zero-order valence-corrected chi connectivity index (χ0v) is 12.0. The maximum Gasteiger partial charge on any atom is 0.259 e. The lowest BCUT2D eigenvalue weighted by Crippen LogP contribution is -2.16. The van der Waals surface area contributed by atoms with Crippen LogP contribution < -0.4 is 11.1 Å². The predicted molar refractivity (Wildman–Crippen MR) is 80.0 cm³/mol. The Morgan fingerprint density at radius 3 is 2.90 bits per heavy atom. The minimum Gasteiger partial charge on any atom is -0.469 e. The number of nitrogens with zero attached hydrogens (tertiary/aromatic N) is 1. The fraction of sp³-hybridized carbons (Fsp3) is 0.143. The van der Waals surface area contributed by atoms with Crippen molar-refractivity contribution < 1.29 is 14.4 Å². The number of carbonyl (C=O) groups excluding carboxylic acids is 1. The van der Waals surface area contributed by atoms with Crippen LogP contribution in [0.1, 0.15) is 28.6 Å². The SMILES string of the molecule is CCc1occc1C(=O)Nc1cc(/C(N)=N/O)ccc1Cl. The van der Waals surface area contributed by atoms with E-state index in [-0.39, 0.29) is 11.7 Å². The Morgan fingerprint density at radius 2 is 2.24 bits per heavy atom. The molecule has 21 heavy (non-hydrogen) atoms. The summed E-state index contributed by atoms with van der Waals surface area (Å²) in [6.07, 6.45) is 2.07. The van der Waals surface area contributed by atoms with Crippen molar-refractivity contribution in [1.82, 2.24) is 0 Å². The molecule has 0 radical (unpaired) electrons. The van der Waals surface area contributed by atoms with Gasteiger partial charge >= 0.3 is 0 Å². The summed E-state index contributed by atoms with van der Waals surface area (Å²) >= 11 is 6.04. The van der Waals surface area contributed by atoms with Crippen molar-refractivity contribution >= 4 is 29.0 Å². The van der Waals surface area contributed by atoms with Gasteiger partial charge in [-0.15, -0.1) is 0 Å². The van der Waals surface area contributed by atoms with E-state index in [1.807, 2.05) is 6.92 Å². The van der Waals surface area contributed by atoms with Crippen molar-refractivity contribution in [3.8, 4) is 0 Å². The van der Waals surface area contributed by atoms with Gasteiger partial charge in [0.15, 0.2) is 5.84 Å². The van der Waals surface area contributed by atoms with Crippen molar-refractivity contribution in [2.75, 3.05) is 5.32 Å². The summed E-state index contributed by atoms with van der Waals surface area (Å²) in [5, 5.41) is 14.6. The fourth-order valence-electron chi connectivity index (χ4n) is 1.84. The maximum absolute atomic E-state index is 12.2. The number of hydrogen-bond acceptors (Lipinski definition) is 4. The molecule has 0 aliphatic carbocycles. The van der Waals surface area contributed by atoms with Gasteiger partial charge in [0.25, 0.3) is 5.91 Å². The molecule has 0 spiro atoms. The zero-order valence-electron chi connectivity index (χ0n) is 11.3. The van der Waals surface area contributed by atoms with Crippen LogP contribution in [-0.2, 0) is 6.42 Å². The van der Waals surface area contributed by atoms with Crippen LogP contribution in [0.3, 0.4) is 0 Å². The second-order valence-corrected chi connectivity index (χ2v) is 4.65. The quantitative estimate of drug-likeness (QED) is 0.350. The summed E-state index contributed by atoms with van der Waals surface area (Å²) < 4.78 is 5.22. The van der Waals surface area contributed by atoms with Crippen molar-refractivity contribution in [2.24, 2.45) is 10.9 Å². The van der Waals surface area contributed by atoms with Crippen molar-refractivity contribution in [1.29, 1.82) is 0 Å². The standard InChI is InChI=1S/C14H14ClN3O3/c1-2-12-9(5-6-21-12)14(19)17-11-7-8(13(16)18-20)3-4-10(11)15/h3-7,20H,2H2,1H3,(H2,16,18)(H,17,19). The van der Waals surface area contributed by atoms with Crippen LogP contribution in [0.4, 0.5) is 5.69 Å². The van der Waals surface area contributed by atoms with E-state index in [9.17, 15) is 4.79 Å². The summed E-state index contributed by atoms with van der Waals surface area (Å²) in [4.78, 5) is 12.2. The van der Waals surface area contributed by atoms with E-state index in [4.69, 9.17) is 27.0 Å². The Bertz CT molecular complexity index is 695. The molecule has 0 atom stereocenters. The van der Waals surface area contributed by atoms with Crippen molar-refractivity contribution in [3.63, 3.8) is 0 Å². The van der Waals surface area contributed by atoms with Gasteiger partial charge in [0, 0.05) is 12.0 Å². The summed E-state index contributed by atoms with van der Waals surface area (Å²) in [5.74, 6) is 0.190. The minimum atomic E-state index is -0.334. The first-order chi connectivity index (χ1) is 10.1. The Balaban J connectivity index is 2.29. The first-order valence-electron chi connectivity index (χ1n) is 6.22. The number of hydrogen-bond donors (Lipinski definition) is 3. The predicted octanol–water partition coefficient (Wildman–Crippen LogP) is 2.84. The Hall–Kier alpha value is -2.47. The minimum absolute atomic E-state index is 0.0697. The number of aryl methyl sites for hydroxylation is 1. The van der Waals surface area contributed by atoms with E-state index in [0.29, 0.717) is 34.0 Å². The van der Waals surface area contributed by atoms with Gasteiger partial charge in [-0.1, -0.05) is 23.7 Å². The highest BCUT2D eigenvalue weighted by Gasteiger charge is 2.15. The molecule has 2 aromatic rings. The average Bonchev–Trinajstić information content (AvgIpc) is 2.97. The van der Waals surface area contributed by atoms with Gasteiger partial charge in [0.05, 0.1) is 22.5 Å². The van der Waals surface area contributed by atoms with Gasteiger partial charge in [-0.05, 0) is 24.3 Å². The van der Waals surface area contributed by atoms with Gasteiger partial charge in [0.2, 0.25) is 0 Å². The highest BCUT2D eigenvalue weighted by molar-refractivity contribution is 6.34. The molecule has 6 nitrogen and oxygen atoms in total. The molecule has 4 N–H and O–H groups in total. The lowest BCUT2D eigenvalue weighted by molar-refractivity contribution is 0.102. The lowest BCUT2D eigenvalue weighted by atomic mass is 10.1. The van der Waals surface area contributed by atoms with Crippen molar-refractivity contribution in [3.05, 3.63) is 52.4 Å². The molecule has 0 fully saturated rings. The molecule has 0 aliphatic rings. The average molecular weight is 308 g/mol. The number of oxime groups is 1. The molecule has 7 heteroatoms. The Labute approximate surface area is 126 Å². The summed E-state index contributed by atoms with van der Waals surface area (Å²) in [7, 11) is 0. The monoisotopic (exact) mass is 307 g/mol. The molecule has 0 aliphatic heterocycles. The van der Waals surface area contributed by atoms with Gasteiger partial charge in [-0.25, -0.2) is 0 Å². The number of benzene rings is 1. The van der Waals surface area contributed by atoms with Crippen LogP contribution in [0.2, 0.25) is 5.02 Å². The van der Waals surface area contributed by atoms with Crippen LogP contribution in [-0.4, -0.2) is 17.0 Å². The Kier molecular flexibility index (Phi) is 4.49. The number of halogens is 1. The second kappa shape index (κ2) is 6.32. The fourth-order valence-corrected chi connectivity index (χ4v) is 2.01. The number of carbonyl (C=O) groups is 1. The molecule has 110 valence electrons. The molecule has 1 amide bonds. The lowest BCUT2D eigenvalue weighted by Gasteiger charge is -2.09. The zero-order chi connectivity index (χ0) is 15.4. The van der Waals surface area contributed by atoms with Crippen LogP contribution in [0.25, 0.3) is 0 Å². The van der Waals surface area contributed by atoms with Gasteiger partial charge in [-0.3, -0.25) is 4.79 Å². The smallest absolute Gasteiger partial charge is 0.259 e. The van der Waals surface area contributed by atoms with Gasteiger partial charge < -0.3 is 20.7 Å². The first kappa shape index (κ1) is 14.9. The largest absolute Gasteiger partial charge is 0.469 e. The molecule has 1 heterocycles. The first-order valence-corrected chi connectivity index (χ1v) is 6.59. The highest BCUT2D eigenvalue weighted by Crippen LogP contribution is 2.24. The summed E-state index contributed by atoms with van der Waals surface area (Å²) in [5.41, 5.74) is 6.77. The number of amides is 1. The molecular weight excluding hydrogens is 294 g/mol. The molecule has 2 rings (SSSR count). The topological polar surface area (TPSA) is 101 Å². The van der Waals surface area contributed by atoms with Gasteiger partial charge in [0.1, 0.15) is 5.76 Å². The van der Waals surface area contributed by atoms with Gasteiger partial charge in [-0.2, -0.15) is 0 Å². The number of amidine groups is 1. The van der Waals surface area contributed by atoms with E-state index in [0.717, 1.165) is 0 Å². The van der Waals surface area contributed by atoms with E-state index in [1.54, 1.807) is 18.2 Å². The Morgan fingerprint density at radius 1 is 1.48 bits per heavy atom. The van der Waals surface area contributed by atoms with Crippen molar-refractivity contribution in [2.45, 2.75) is 13.3 Å². The normalized spacial score (nSPS) is 11.4. The van der Waals surface area contributed by atoms with Crippen LogP contribution in [0, 0.1) is 0 Å². The summed E-state index contributed by atoms with van der Waals surface area (Å²) in [6, 6.07) is 6.26. The number of furan rings is 1. The third kappa shape index (κ3) is 3.17. The molecule has 1 aromatic carbocycles. The molecule has 0 saturated heterocycles. The highest BCUT2D eigenvalue weighted by atomic mass is 35.5. The van der Waals surface area contributed by atoms with Crippen LogP contribution >= 0.6 is 11.6 Å². The molecule has 1 aromatic heterocycles. The van der Waals surface area contributed by atoms with E-state index < -0.39 is 0 Å². The van der Waals surface area contributed by atoms with Crippen LogP contribution in [0.15, 0.2) is 40.1 Å². The molecular formula is C14H14ClN3O3. The number of rotatable bonds is 4. The molecule has 0 unspecified atom stereocenters. The summed E-state index contributed by atoms with van der Waals surface area (Å²) in [6.45, 7) is 1.89. The van der Waals surface area contributed by atoms with Crippen LogP contribution in [0.5, 0.6) is 0 Å². The number of nitrogens with one attached hydrogen (secondary N) is 1. The van der Waals surface area contributed by atoms with E-state index in [1.165, 1.54) is 12.3 Å². The number of nitrogens with two attached hydrogens (primary N) is 1. The number of anilines is 1.